The number of allylic oxidation sites excluding steroid dienone is 1. The van der Waals surface area contributed by atoms with E-state index >= 15 is 0 Å². The zero-order valence-corrected chi connectivity index (χ0v) is 19.6. The van der Waals surface area contributed by atoms with Crippen LogP contribution in [0.15, 0.2) is 36.0 Å². The number of epoxide rings is 2. The van der Waals surface area contributed by atoms with E-state index in [4.69, 9.17) is 14.2 Å². The monoisotopic (exact) mass is 440 g/mol. The van der Waals surface area contributed by atoms with Gasteiger partial charge in [0.15, 0.2) is 0 Å². The highest BCUT2D eigenvalue weighted by Gasteiger charge is 2.68. The molecule has 1 spiro atoms. The van der Waals surface area contributed by atoms with Crippen LogP contribution in [0, 0.1) is 11.8 Å². The second kappa shape index (κ2) is 8.45. The van der Waals surface area contributed by atoms with Crippen LogP contribution in [0.1, 0.15) is 58.6 Å². The predicted molar refractivity (Wildman–Crippen MR) is 121 cm³/mol. The summed E-state index contributed by atoms with van der Waals surface area (Å²) < 4.78 is 18.1. The van der Waals surface area contributed by atoms with Gasteiger partial charge in [0.1, 0.15) is 6.10 Å². The van der Waals surface area contributed by atoms with Crippen molar-refractivity contribution >= 4 is 6.09 Å². The quantitative estimate of drug-likeness (QED) is 0.460. The van der Waals surface area contributed by atoms with Crippen molar-refractivity contribution in [2.24, 2.45) is 11.8 Å². The van der Waals surface area contributed by atoms with Crippen molar-refractivity contribution in [1.82, 2.24) is 9.88 Å². The van der Waals surface area contributed by atoms with E-state index < -0.39 is 0 Å². The molecule has 1 aromatic rings. The van der Waals surface area contributed by atoms with E-state index in [2.05, 4.69) is 37.9 Å². The van der Waals surface area contributed by atoms with Gasteiger partial charge in [-0.3, -0.25) is 4.98 Å². The number of nitrogens with zero attached hydrogens (tertiary/aromatic N) is 2. The Morgan fingerprint density at radius 2 is 2.16 bits per heavy atom. The zero-order valence-electron chi connectivity index (χ0n) is 19.6. The number of pyridine rings is 1. The molecule has 3 saturated heterocycles. The minimum atomic E-state index is -0.166. The molecular formula is C26H36N2O4. The van der Waals surface area contributed by atoms with Gasteiger partial charge in [0.05, 0.1) is 23.9 Å². The van der Waals surface area contributed by atoms with E-state index in [9.17, 15) is 4.79 Å². The summed E-state index contributed by atoms with van der Waals surface area (Å²) in [6, 6.07) is 6.03. The standard InChI is InChI=1S/C26H36N2O4/c1-18(2)7-10-23-25(3,32-23)22-14-21(11-12-26(22)17-30-26)31-24(29)28-15-19(16-28)8-9-20-6-4-5-13-27-20/h4-7,13,19,21-23H,8-12,14-17H2,1-3H3/t21?,22-,23-,25-,26+/m1/s1. The summed E-state index contributed by atoms with van der Waals surface area (Å²) in [5.74, 6) is 0.834. The van der Waals surface area contributed by atoms with E-state index in [0.29, 0.717) is 11.8 Å². The average Bonchev–Trinajstić information content (AvgIpc) is 3.65. The molecule has 5 atom stereocenters. The molecule has 1 amide bonds. The molecule has 4 fully saturated rings. The molecule has 1 saturated carbocycles. The van der Waals surface area contributed by atoms with E-state index in [1.165, 1.54) is 5.57 Å². The van der Waals surface area contributed by atoms with Crippen LogP contribution in [0.25, 0.3) is 0 Å². The van der Waals surface area contributed by atoms with Crippen LogP contribution in [0.5, 0.6) is 0 Å². The van der Waals surface area contributed by atoms with E-state index in [-0.39, 0.29) is 29.5 Å². The summed E-state index contributed by atoms with van der Waals surface area (Å²) in [4.78, 5) is 19.0. The van der Waals surface area contributed by atoms with E-state index in [0.717, 1.165) is 63.9 Å². The van der Waals surface area contributed by atoms with Gasteiger partial charge in [0, 0.05) is 30.9 Å². The Bertz CT molecular complexity index is 858. The molecule has 3 aliphatic heterocycles. The molecule has 1 unspecified atom stereocenters. The number of aromatic nitrogens is 1. The number of amides is 1. The largest absolute Gasteiger partial charge is 0.446 e. The van der Waals surface area contributed by atoms with Gasteiger partial charge < -0.3 is 19.1 Å². The lowest BCUT2D eigenvalue weighted by molar-refractivity contribution is -0.0226. The Kier molecular flexibility index (Phi) is 5.79. The molecule has 6 heteroatoms. The maximum atomic E-state index is 12.7. The Labute approximate surface area is 191 Å². The van der Waals surface area contributed by atoms with Gasteiger partial charge in [-0.2, -0.15) is 0 Å². The molecule has 32 heavy (non-hydrogen) atoms. The van der Waals surface area contributed by atoms with Gasteiger partial charge in [-0.1, -0.05) is 17.7 Å². The molecule has 0 radical (unpaired) electrons. The Morgan fingerprint density at radius 3 is 2.84 bits per heavy atom. The summed E-state index contributed by atoms with van der Waals surface area (Å²) in [6.45, 7) is 8.87. The molecule has 5 rings (SSSR count). The summed E-state index contributed by atoms with van der Waals surface area (Å²) in [5, 5.41) is 0. The number of hydrogen-bond donors (Lipinski definition) is 0. The lowest BCUT2D eigenvalue weighted by atomic mass is 9.70. The maximum absolute atomic E-state index is 12.7. The number of hydrogen-bond acceptors (Lipinski definition) is 5. The number of rotatable bonds is 7. The first-order chi connectivity index (χ1) is 15.4. The Morgan fingerprint density at radius 1 is 1.34 bits per heavy atom. The van der Waals surface area contributed by atoms with Crippen LogP contribution in [-0.4, -0.2) is 59.1 Å². The van der Waals surface area contributed by atoms with Crippen molar-refractivity contribution in [3.63, 3.8) is 0 Å². The molecule has 4 aliphatic rings. The van der Waals surface area contributed by atoms with Crippen LogP contribution >= 0.6 is 0 Å². The van der Waals surface area contributed by atoms with Crippen molar-refractivity contribution in [2.75, 3.05) is 19.7 Å². The minimum absolute atomic E-state index is 0.0416. The first-order valence-corrected chi connectivity index (χ1v) is 12.2. The van der Waals surface area contributed by atoms with Gasteiger partial charge in [-0.05, 0) is 77.3 Å². The van der Waals surface area contributed by atoms with Crippen molar-refractivity contribution in [1.29, 1.82) is 0 Å². The van der Waals surface area contributed by atoms with Gasteiger partial charge in [-0.15, -0.1) is 0 Å². The fourth-order valence-corrected chi connectivity index (χ4v) is 5.70. The number of ether oxygens (including phenoxy) is 3. The van der Waals surface area contributed by atoms with E-state index in [1.54, 1.807) is 0 Å². The Hall–Kier alpha value is -1.92. The third-order valence-corrected chi connectivity index (χ3v) is 7.97. The molecule has 0 aromatic carbocycles. The van der Waals surface area contributed by atoms with Crippen molar-refractivity contribution < 1.29 is 19.0 Å². The van der Waals surface area contributed by atoms with Crippen LogP contribution in [-0.2, 0) is 20.6 Å². The van der Waals surface area contributed by atoms with Gasteiger partial charge in [-0.25, -0.2) is 4.79 Å². The summed E-state index contributed by atoms with van der Waals surface area (Å²) in [7, 11) is 0. The molecule has 1 aliphatic carbocycles. The van der Waals surface area contributed by atoms with Crippen LogP contribution in [0.3, 0.4) is 0 Å². The highest BCUT2D eigenvalue weighted by molar-refractivity contribution is 5.68. The highest BCUT2D eigenvalue weighted by Crippen LogP contribution is 2.59. The van der Waals surface area contributed by atoms with Crippen molar-refractivity contribution in [3.05, 3.63) is 41.7 Å². The fraction of sp³-hybridized carbons (Fsp3) is 0.692. The first kappa shape index (κ1) is 21.9. The minimum Gasteiger partial charge on any atom is -0.446 e. The van der Waals surface area contributed by atoms with E-state index in [1.807, 2.05) is 23.2 Å². The average molecular weight is 441 g/mol. The molecule has 0 bridgehead atoms. The zero-order chi connectivity index (χ0) is 22.3. The lowest BCUT2D eigenvalue weighted by Gasteiger charge is -2.41. The van der Waals surface area contributed by atoms with Crippen molar-refractivity contribution in [2.45, 2.75) is 82.7 Å². The number of aryl methyl sites for hydroxylation is 1. The predicted octanol–water partition coefficient (Wildman–Crippen LogP) is 4.53. The smallest absolute Gasteiger partial charge is 0.410 e. The summed E-state index contributed by atoms with van der Waals surface area (Å²) in [6.07, 6.45) is 9.79. The molecule has 6 nitrogen and oxygen atoms in total. The number of likely N-dealkylation sites (tertiary alicyclic amines) is 1. The lowest BCUT2D eigenvalue weighted by Crippen LogP contribution is -2.52. The molecular weight excluding hydrogens is 404 g/mol. The second-order valence-electron chi connectivity index (χ2n) is 10.6. The first-order valence-electron chi connectivity index (χ1n) is 12.2. The molecule has 4 heterocycles. The van der Waals surface area contributed by atoms with Crippen molar-refractivity contribution in [3.8, 4) is 0 Å². The van der Waals surface area contributed by atoms with Gasteiger partial charge in [0.2, 0.25) is 0 Å². The van der Waals surface area contributed by atoms with Crippen LogP contribution in [0.4, 0.5) is 4.79 Å². The number of carbonyl (C=O) groups excluding carboxylic acids is 1. The molecule has 1 aromatic heterocycles. The fourth-order valence-electron chi connectivity index (χ4n) is 5.70. The van der Waals surface area contributed by atoms with Crippen LogP contribution < -0.4 is 0 Å². The summed E-state index contributed by atoms with van der Waals surface area (Å²) in [5.41, 5.74) is 2.23. The third kappa shape index (κ3) is 4.44. The highest BCUT2D eigenvalue weighted by atomic mass is 16.6. The van der Waals surface area contributed by atoms with Gasteiger partial charge >= 0.3 is 6.09 Å². The maximum Gasteiger partial charge on any atom is 0.410 e. The number of carbonyl (C=O) groups is 1. The topological polar surface area (TPSA) is 67.5 Å². The van der Waals surface area contributed by atoms with Crippen LogP contribution in [0.2, 0.25) is 0 Å². The normalized spacial score (nSPS) is 35.8. The Balaban J connectivity index is 1.09. The molecule has 0 N–H and O–H groups in total. The third-order valence-electron chi connectivity index (χ3n) is 7.97. The second-order valence-corrected chi connectivity index (χ2v) is 10.6. The SMILES string of the molecule is CC(C)=CC[C@H]1O[C@]1(C)[C@H]1CC(OC(=O)N2CC(CCc3ccccn3)C2)CC[C@]12CO2. The summed E-state index contributed by atoms with van der Waals surface area (Å²) >= 11 is 0. The molecule has 174 valence electrons. The van der Waals surface area contributed by atoms with Gasteiger partial charge in [0.25, 0.3) is 0 Å².